The minimum atomic E-state index is -5.23. The van der Waals surface area contributed by atoms with Crippen molar-refractivity contribution in [1.29, 1.82) is 0 Å². The van der Waals surface area contributed by atoms with Crippen LogP contribution in [0.1, 0.15) is 33.0 Å². The van der Waals surface area contributed by atoms with Crippen LogP contribution in [0, 0.1) is 17.6 Å². The molecule has 3 aromatic carbocycles. The van der Waals surface area contributed by atoms with Crippen LogP contribution < -0.4 is 5.32 Å². The summed E-state index contributed by atoms with van der Waals surface area (Å²) in [5, 5.41) is 2.86. The molecule has 1 saturated carbocycles. The zero-order valence-corrected chi connectivity index (χ0v) is 25.0. The number of rotatable bonds is 8. The fourth-order valence-electron chi connectivity index (χ4n) is 4.32. The van der Waals surface area contributed by atoms with Gasteiger partial charge in [0.1, 0.15) is 16.0 Å². The van der Waals surface area contributed by atoms with E-state index in [1.807, 2.05) is 0 Å². The first-order valence-corrected chi connectivity index (χ1v) is 13.9. The molecule has 1 aliphatic rings. The number of amides is 1. The Kier molecular flexibility index (Phi) is 9.44. The summed E-state index contributed by atoms with van der Waals surface area (Å²) in [4.78, 5) is 37.4. The van der Waals surface area contributed by atoms with E-state index in [9.17, 15) is 36.3 Å². The van der Waals surface area contributed by atoms with Crippen molar-refractivity contribution in [3.8, 4) is 0 Å². The summed E-state index contributed by atoms with van der Waals surface area (Å²) >= 11 is 37.0. The molecule has 1 aliphatic carbocycles. The number of alkyl halides is 5. The van der Waals surface area contributed by atoms with Gasteiger partial charge in [0.15, 0.2) is 5.78 Å². The van der Waals surface area contributed by atoms with Crippen LogP contribution in [-0.2, 0) is 22.4 Å². The lowest BCUT2D eigenvalue weighted by atomic mass is 9.98. The van der Waals surface area contributed by atoms with Gasteiger partial charge in [0, 0.05) is 36.1 Å². The van der Waals surface area contributed by atoms with E-state index in [0.29, 0.717) is 11.6 Å². The topological polar surface area (TPSA) is 63.2 Å². The first-order valence-electron chi connectivity index (χ1n) is 11.6. The quantitative estimate of drug-likeness (QED) is 0.110. The molecule has 0 aromatic heterocycles. The number of carbonyl (C=O) groups is 3. The van der Waals surface area contributed by atoms with Crippen LogP contribution in [0.2, 0.25) is 20.1 Å². The van der Waals surface area contributed by atoms with Crippen molar-refractivity contribution in [3.63, 3.8) is 0 Å². The summed E-state index contributed by atoms with van der Waals surface area (Å²) in [7, 11) is 0. The number of benzene rings is 3. The Labute approximate surface area is 265 Å². The standard InChI is InChI=1S/C27H14Cl6F5NO3/c28-15-2-1-13(39-25(42)23-22(26(23,32)33)12-4-16(29)24(31)17(30)5-12)8-14(15)20(40)6-10-3-11(19(35)9-18(10)34)7-21(41)27(36,37)38/h1-5,8-9,22-23H,6-7H2,(H,39,42)/t22-,23+/m0/s1. The zero-order chi connectivity index (χ0) is 31.3. The summed E-state index contributed by atoms with van der Waals surface area (Å²) in [6.07, 6.45) is -7.35. The van der Waals surface area contributed by atoms with Gasteiger partial charge in [0.25, 0.3) is 0 Å². The summed E-state index contributed by atoms with van der Waals surface area (Å²) in [5.41, 5.74) is -0.832. The largest absolute Gasteiger partial charge is 0.450 e. The lowest BCUT2D eigenvalue weighted by Gasteiger charge is -2.11. The number of carbonyl (C=O) groups excluding carboxylic acids is 3. The maximum Gasteiger partial charge on any atom is 0.450 e. The Morgan fingerprint density at radius 2 is 1.38 bits per heavy atom. The first kappa shape index (κ1) is 32.8. The molecule has 1 N–H and O–H groups in total. The van der Waals surface area contributed by atoms with E-state index >= 15 is 0 Å². The smallest absolute Gasteiger partial charge is 0.326 e. The Morgan fingerprint density at radius 1 is 0.810 bits per heavy atom. The number of halogens is 11. The number of hydrogen-bond donors (Lipinski definition) is 1. The van der Waals surface area contributed by atoms with Gasteiger partial charge >= 0.3 is 6.18 Å². The second kappa shape index (κ2) is 12.1. The monoisotopic (exact) mass is 705 g/mol. The summed E-state index contributed by atoms with van der Waals surface area (Å²) in [6, 6.07) is 7.75. The van der Waals surface area contributed by atoms with Crippen molar-refractivity contribution in [2.75, 3.05) is 5.32 Å². The highest BCUT2D eigenvalue weighted by Crippen LogP contribution is 2.65. The van der Waals surface area contributed by atoms with Crippen molar-refractivity contribution in [3.05, 3.63) is 96.4 Å². The van der Waals surface area contributed by atoms with Crippen molar-refractivity contribution in [2.45, 2.75) is 29.3 Å². The summed E-state index contributed by atoms with van der Waals surface area (Å²) in [6.45, 7) is 0. The number of anilines is 1. The highest BCUT2D eigenvalue weighted by Gasteiger charge is 2.67. The number of nitrogens with one attached hydrogen (secondary N) is 1. The molecule has 0 unspecified atom stereocenters. The van der Waals surface area contributed by atoms with E-state index in [1.165, 1.54) is 30.3 Å². The van der Waals surface area contributed by atoms with Crippen LogP contribution in [-0.4, -0.2) is 28.0 Å². The van der Waals surface area contributed by atoms with Crippen molar-refractivity contribution in [2.24, 2.45) is 5.92 Å². The molecule has 0 radical (unpaired) electrons. The second-order valence-electron chi connectivity index (χ2n) is 9.34. The van der Waals surface area contributed by atoms with Crippen molar-refractivity contribution in [1.82, 2.24) is 0 Å². The molecule has 2 atom stereocenters. The molecule has 15 heteroatoms. The minimum Gasteiger partial charge on any atom is -0.326 e. The Balaban J connectivity index is 1.52. The van der Waals surface area contributed by atoms with Gasteiger partial charge in [-0.2, -0.15) is 13.2 Å². The van der Waals surface area contributed by atoms with Crippen molar-refractivity contribution < 1.29 is 36.3 Å². The third-order valence-corrected chi connectivity index (χ3v) is 8.94. The van der Waals surface area contributed by atoms with Crippen molar-refractivity contribution >= 4 is 92.8 Å². The predicted octanol–water partition coefficient (Wildman–Crippen LogP) is 9.20. The van der Waals surface area contributed by atoms with Gasteiger partial charge in [-0.15, -0.1) is 23.2 Å². The van der Waals surface area contributed by atoms with E-state index in [1.54, 1.807) is 0 Å². The first-order chi connectivity index (χ1) is 19.4. The van der Waals surface area contributed by atoms with E-state index in [2.05, 4.69) is 5.32 Å². The Hall–Kier alpha value is -2.14. The number of ketones is 2. The van der Waals surface area contributed by atoms with E-state index < -0.39 is 75.4 Å². The molecule has 0 spiro atoms. The molecule has 42 heavy (non-hydrogen) atoms. The average Bonchev–Trinajstić information content (AvgIpc) is 3.47. The normalized spacial score (nSPS) is 17.6. The third-order valence-electron chi connectivity index (χ3n) is 6.47. The van der Waals surface area contributed by atoms with Gasteiger partial charge in [-0.3, -0.25) is 14.4 Å². The zero-order valence-electron chi connectivity index (χ0n) is 20.5. The molecular formula is C27H14Cl6F5NO3. The molecule has 0 saturated heterocycles. The van der Waals surface area contributed by atoms with Crippen LogP contribution in [0.4, 0.5) is 27.6 Å². The van der Waals surface area contributed by atoms with Crippen LogP contribution in [0.5, 0.6) is 0 Å². The number of Topliss-reactive ketones (excluding diaryl/α,β-unsaturated/α-hetero) is 2. The fraction of sp³-hybridized carbons (Fsp3) is 0.222. The molecule has 3 aromatic rings. The van der Waals surface area contributed by atoms with E-state index in [0.717, 1.165) is 0 Å². The van der Waals surface area contributed by atoms with Gasteiger partial charge in [-0.1, -0.05) is 46.4 Å². The molecule has 222 valence electrons. The van der Waals surface area contributed by atoms with E-state index in [4.69, 9.17) is 69.6 Å². The SMILES string of the molecule is O=C(Cc1cc(CC(=O)C(F)(F)F)c(F)cc1F)c1cc(NC(=O)[C@H]2[C@H](c3cc(Cl)c(Cl)c(Cl)c3)C2(Cl)Cl)ccc1Cl. The fourth-order valence-corrected chi connectivity index (χ4v) is 5.98. The molecule has 4 nitrogen and oxygen atoms in total. The maximum atomic E-state index is 14.4. The van der Waals surface area contributed by atoms with E-state index in [-0.39, 0.29) is 37.4 Å². The van der Waals surface area contributed by atoms with Crippen LogP contribution in [0.3, 0.4) is 0 Å². The second-order valence-corrected chi connectivity index (χ2v) is 12.4. The van der Waals surface area contributed by atoms with Crippen LogP contribution >= 0.6 is 69.6 Å². The minimum absolute atomic E-state index is 0.0887. The Morgan fingerprint density at radius 3 is 1.95 bits per heavy atom. The summed E-state index contributed by atoms with van der Waals surface area (Å²) < 4.78 is 64.8. The molecule has 1 fully saturated rings. The van der Waals surface area contributed by atoms with Gasteiger partial charge in [-0.25, -0.2) is 8.78 Å². The lowest BCUT2D eigenvalue weighted by molar-refractivity contribution is -0.170. The molecule has 0 bridgehead atoms. The Bertz CT molecular complexity index is 1610. The van der Waals surface area contributed by atoms with Gasteiger partial charge in [0.05, 0.1) is 26.0 Å². The highest BCUT2D eigenvalue weighted by atomic mass is 35.5. The van der Waals surface area contributed by atoms with Crippen LogP contribution in [0.25, 0.3) is 0 Å². The highest BCUT2D eigenvalue weighted by molar-refractivity contribution is 6.54. The summed E-state index contributed by atoms with van der Waals surface area (Å²) in [5.74, 6) is -7.94. The maximum absolute atomic E-state index is 14.4. The predicted molar refractivity (Wildman–Crippen MR) is 151 cm³/mol. The average molecular weight is 708 g/mol. The third kappa shape index (κ3) is 6.82. The number of hydrogen-bond acceptors (Lipinski definition) is 3. The van der Waals surface area contributed by atoms with Gasteiger partial charge < -0.3 is 5.32 Å². The molecule has 4 rings (SSSR count). The molecular weight excluding hydrogens is 694 g/mol. The lowest BCUT2D eigenvalue weighted by Crippen LogP contribution is -2.25. The van der Waals surface area contributed by atoms with Gasteiger partial charge in [-0.05, 0) is 53.1 Å². The van der Waals surface area contributed by atoms with Gasteiger partial charge in [0.2, 0.25) is 11.7 Å². The molecule has 1 amide bonds. The molecule has 0 heterocycles. The molecule has 0 aliphatic heterocycles. The van der Waals surface area contributed by atoms with Crippen LogP contribution in [0.15, 0.2) is 42.5 Å².